The molecule has 1 N–H and O–H groups in total. The van der Waals surface area contributed by atoms with Gasteiger partial charge in [-0.1, -0.05) is 0 Å². The van der Waals surface area contributed by atoms with Gasteiger partial charge in [-0.05, 0) is 98.7 Å². The van der Waals surface area contributed by atoms with Gasteiger partial charge in [0.15, 0.2) is 0 Å². The molecule has 1 aromatic rings. The molecule has 0 spiro atoms. The first-order chi connectivity index (χ1) is 9.35. The normalized spacial score (nSPS) is 39.9. The molecule has 19 heavy (non-hydrogen) atoms. The van der Waals surface area contributed by atoms with Gasteiger partial charge in [0, 0.05) is 4.88 Å². The van der Waals surface area contributed by atoms with E-state index in [2.05, 4.69) is 23.8 Å². The van der Waals surface area contributed by atoms with Gasteiger partial charge >= 0.3 is 0 Å². The van der Waals surface area contributed by atoms with Crippen molar-refractivity contribution in [3.8, 4) is 0 Å². The third-order valence-electron chi connectivity index (χ3n) is 5.97. The summed E-state index contributed by atoms with van der Waals surface area (Å²) in [6, 6.07) is 2.46. The number of hydrogen-bond acceptors (Lipinski definition) is 2. The Morgan fingerprint density at radius 1 is 1.11 bits per heavy atom. The quantitative estimate of drug-likeness (QED) is 0.874. The molecule has 4 bridgehead atoms. The summed E-state index contributed by atoms with van der Waals surface area (Å²) in [5.41, 5.74) is 1.74. The minimum absolute atomic E-state index is 0.922. The monoisotopic (exact) mass is 275 g/mol. The maximum absolute atomic E-state index is 3.31. The summed E-state index contributed by atoms with van der Waals surface area (Å²) in [5, 5.41) is 5.65. The van der Waals surface area contributed by atoms with E-state index in [1.54, 1.807) is 42.5 Å². The van der Waals surface area contributed by atoms with Crippen LogP contribution in [0.5, 0.6) is 0 Å². The number of nitrogens with one attached hydrogen (secondary N) is 1. The molecule has 5 rings (SSSR count). The zero-order chi connectivity index (χ0) is 12.8. The van der Waals surface area contributed by atoms with Crippen LogP contribution in [0.3, 0.4) is 0 Å². The summed E-state index contributed by atoms with van der Waals surface area (Å²) in [4.78, 5) is 1.67. The van der Waals surface area contributed by atoms with Crippen LogP contribution in [0.4, 0.5) is 0 Å². The molecule has 2 heteroatoms. The number of hydrogen-bond donors (Lipinski definition) is 1. The molecule has 1 nitrogen and oxygen atoms in total. The van der Waals surface area contributed by atoms with Gasteiger partial charge in [0.05, 0.1) is 0 Å². The first-order valence-corrected chi connectivity index (χ1v) is 8.94. The first kappa shape index (κ1) is 12.4. The molecule has 0 unspecified atom stereocenters. The van der Waals surface area contributed by atoms with Gasteiger partial charge in [0.1, 0.15) is 0 Å². The van der Waals surface area contributed by atoms with Crippen molar-refractivity contribution >= 4 is 11.3 Å². The largest absolute Gasteiger partial charge is 0.319 e. The average Bonchev–Trinajstić information content (AvgIpc) is 2.83. The SMILES string of the molecule is CNCCc1sccc1C1C2CC3CC(C2)CC1C3. The highest BCUT2D eigenvalue weighted by molar-refractivity contribution is 7.10. The predicted molar refractivity (Wildman–Crippen MR) is 81.7 cm³/mol. The Morgan fingerprint density at radius 2 is 1.79 bits per heavy atom. The molecule has 0 amide bonds. The Labute approximate surface area is 120 Å². The zero-order valence-corrected chi connectivity index (χ0v) is 12.7. The second-order valence-electron chi connectivity index (χ2n) is 7.11. The molecule has 0 saturated heterocycles. The highest BCUT2D eigenvalue weighted by atomic mass is 32.1. The molecule has 0 radical (unpaired) electrons. The fourth-order valence-electron chi connectivity index (χ4n) is 5.52. The molecule has 1 heterocycles. The molecule has 4 fully saturated rings. The fourth-order valence-corrected chi connectivity index (χ4v) is 6.46. The Bertz CT molecular complexity index is 422. The van der Waals surface area contributed by atoms with Gasteiger partial charge < -0.3 is 5.32 Å². The van der Waals surface area contributed by atoms with Crippen molar-refractivity contribution in [2.45, 2.75) is 44.4 Å². The molecule has 1 aromatic heterocycles. The summed E-state index contributed by atoms with van der Waals surface area (Å²) in [7, 11) is 2.07. The van der Waals surface area contributed by atoms with Crippen LogP contribution in [0.15, 0.2) is 11.4 Å². The highest BCUT2D eigenvalue weighted by Crippen LogP contribution is 2.60. The molecule has 4 aliphatic rings. The van der Waals surface area contributed by atoms with Crippen molar-refractivity contribution in [3.05, 3.63) is 21.9 Å². The van der Waals surface area contributed by atoms with Crippen LogP contribution >= 0.6 is 11.3 Å². The third-order valence-corrected chi connectivity index (χ3v) is 6.96. The molecule has 0 atom stereocenters. The Morgan fingerprint density at radius 3 is 2.42 bits per heavy atom. The van der Waals surface area contributed by atoms with Crippen LogP contribution in [-0.4, -0.2) is 13.6 Å². The van der Waals surface area contributed by atoms with Gasteiger partial charge in [-0.2, -0.15) is 0 Å². The van der Waals surface area contributed by atoms with Crippen molar-refractivity contribution in [1.82, 2.24) is 5.32 Å². The number of likely N-dealkylation sites (N-methyl/N-ethyl adjacent to an activating group) is 1. The van der Waals surface area contributed by atoms with E-state index in [4.69, 9.17) is 0 Å². The maximum atomic E-state index is 3.31. The van der Waals surface area contributed by atoms with Crippen LogP contribution < -0.4 is 5.32 Å². The second kappa shape index (κ2) is 4.89. The lowest BCUT2D eigenvalue weighted by Gasteiger charge is -2.54. The van der Waals surface area contributed by atoms with E-state index in [1.165, 1.54) is 6.42 Å². The van der Waals surface area contributed by atoms with Crippen molar-refractivity contribution in [1.29, 1.82) is 0 Å². The topological polar surface area (TPSA) is 12.0 Å². The van der Waals surface area contributed by atoms with Gasteiger partial charge in [-0.3, -0.25) is 0 Å². The average molecular weight is 275 g/mol. The second-order valence-corrected chi connectivity index (χ2v) is 8.11. The summed E-state index contributed by atoms with van der Waals surface area (Å²) in [6.45, 7) is 1.13. The Balaban J connectivity index is 1.60. The molecule has 4 aliphatic carbocycles. The van der Waals surface area contributed by atoms with E-state index in [0.29, 0.717) is 0 Å². The standard InChI is InChI=1S/C17H25NS/c1-18-4-2-16-15(3-5-19-16)17-13-7-11-6-12(9-13)10-14(17)8-11/h3,5,11-14,17-18H,2,4,6-10H2,1H3. The molecule has 4 saturated carbocycles. The summed E-state index contributed by atoms with van der Waals surface area (Å²) >= 11 is 1.99. The highest BCUT2D eigenvalue weighted by Gasteiger charge is 2.49. The summed E-state index contributed by atoms with van der Waals surface area (Å²) < 4.78 is 0. The van der Waals surface area contributed by atoms with Crippen LogP contribution in [0.2, 0.25) is 0 Å². The predicted octanol–water partition coefficient (Wildman–Crippen LogP) is 4.05. The van der Waals surface area contributed by atoms with Crippen molar-refractivity contribution in [2.24, 2.45) is 23.7 Å². The van der Waals surface area contributed by atoms with Crippen LogP contribution in [-0.2, 0) is 6.42 Å². The smallest absolute Gasteiger partial charge is 0.00928 e. The summed E-state index contributed by atoms with van der Waals surface area (Å²) in [5.74, 6) is 5.17. The lowest BCUT2D eigenvalue weighted by molar-refractivity contribution is -0.00289. The molecule has 0 aromatic carbocycles. The van der Waals surface area contributed by atoms with Gasteiger partial charge in [-0.25, -0.2) is 0 Å². The Kier molecular flexibility index (Phi) is 3.19. The van der Waals surface area contributed by atoms with E-state index >= 15 is 0 Å². The van der Waals surface area contributed by atoms with Gasteiger partial charge in [-0.15, -0.1) is 11.3 Å². The Hall–Kier alpha value is -0.340. The molecular formula is C17H25NS. The molecular weight excluding hydrogens is 250 g/mol. The van der Waals surface area contributed by atoms with Gasteiger partial charge in [0.2, 0.25) is 0 Å². The fraction of sp³-hybridized carbons (Fsp3) is 0.765. The summed E-state index contributed by atoms with van der Waals surface area (Å²) in [6.07, 6.45) is 8.96. The van der Waals surface area contributed by atoms with Gasteiger partial charge in [0.25, 0.3) is 0 Å². The van der Waals surface area contributed by atoms with E-state index in [9.17, 15) is 0 Å². The zero-order valence-electron chi connectivity index (χ0n) is 11.9. The molecule has 104 valence electrons. The minimum atomic E-state index is 0.922. The van der Waals surface area contributed by atoms with E-state index in [1.807, 2.05) is 11.3 Å². The van der Waals surface area contributed by atoms with E-state index in [-0.39, 0.29) is 0 Å². The first-order valence-electron chi connectivity index (χ1n) is 8.06. The number of thiophene rings is 1. The van der Waals surface area contributed by atoms with E-state index < -0.39 is 0 Å². The van der Waals surface area contributed by atoms with Crippen molar-refractivity contribution in [2.75, 3.05) is 13.6 Å². The lowest BCUT2D eigenvalue weighted by atomic mass is 9.51. The van der Waals surface area contributed by atoms with Crippen molar-refractivity contribution < 1.29 is 0 Å². The number of rotatable bonds is 4. The van der Waals surface area contributed by atoms with Crippen LogP contribution in [0.1, 0.15) is 48.5 Å². The molecule has 0 aliphatic heterocycles. The van der Waals surface area contributed by atoms with E-state index in [0.717, 1.165) is 36.1 Å². The third kappa shape index (κ3) is 2.08. The van der Waals surface area contributed by atoms with Crippen molar-refractivity contribution in [3.63, 3.8) is 0 Å². The minimum Gasteiger partial charge on any atom is -0.319 e. The van der Waals surface area contributed by atoms with Crippen LogP contribution in [0.25, 0.3) is 0 Å². The maximum Gasteiger partial charge on any atom is 0.00928 e. The van der Waals surface area contributed by atoms with Crippen LogP contribution in [0, 0.1) is 23.7 Å². The lowest BCUT2D eigenvalue weighted by Crippen LogP contribution is -2.43.